The maximum Gasteiger partial charge on any atom is 0.352 e. The molecule has 2 aliphatic rings. The fraction of sp³-hybridized carbons (Fsp3) is 0.250. The summed E-state index contributed by atoms with van der Waals surface area (Å²) < 4.78 is 2.87. The number of carbonyl (C=O) groups is 3. The first-order valence-corrected chi connectivity index (χ1v) is 12.9. The van der Waals surface area contributed by atoms with Crippen LogP contribution in [0.3, 0.4) is 0 Å². The van der Waals surface area contributed by atoms with E-state index in [1.54, 1.807) is 10.9 Å². The number of fused-ring (bicyclic) bond motifs is 2. The molecule has 2 amide bonds. The van der Waals surface area contributed by atoms with Crippen molar-refractivity contribution in [3.8, 4) is 0 Å². The highest BCUT2D eigenvalue weighted by molar-refractivity contribution is 8.00. The van der Waals surface area contributed by atoms with Crippen molar-refractivity contribution < 1.29 is 28.9 Å². The number of nitrogen functional groups attached to an aromatic ring is 1. The van der Waals surface area contributed by atoms with Crippen LogP contribution in [0.4, 0.5) is 5.13 Å². The highest BCUT2D eigenvalue weighted by Crippen LogP contribution is 2.40. The van der Waals surface area contributed by atoms with Gasteiger partial charge < -0.3 is 21.0 Å². The summed E-state index contributed by atoms with van der Waals surface area (Å²) in [4.78, 5) is 52.3. The molecule has 15 heteroatoms. The third-order valence-electron chi connectivity index (χ3n) is 5.40. The highest BCUT2D eigenvalue weighted by Gasteiger charge is 2.54. The minimum atomic E-state index is -1.20. The molecular weight excluding hydrogens is 514 g/mol. The first-order chi connectivity index (χ1) is 16.9. The topological polar surface area (TPSA) is 164 Å². The van der Waals surface area contributed by atoms with Crippen molar-refractivity contribution in [2.75, 3.05) is 18.6 Å². The normalized spacial score (nSPS) is 20.0. The van der Waals surface area contributed by atoms with Gasteiger partial charge in [0.25, 0.3) is 11.8 Å². The van der Waals surface area contributed by atoms with E-state index < -0.39 is 29.2 Å². The Labute approximate surface area is 210 Å². The van der Waals surface area contributed by atoms with Gasteiger partial charge in [-0.2, -0.15) is 4.57 Å². The quantitative estimate of drug-likeness (QED) is 0.169. The Bertz CT molecular complexity index is 1410. The van der Waals surface area contributed by atoms with Gasteiger partial charge in [-0.15, -0.1) is 34.4 Å². The van der Waals surface area contributed by atoms with Gasteiger partial charge in [-0.05, 0) is 0 Å². The number of thiazole rings is 2. The van der Waals surface area contributed by atoms with Gasteiger partial charge in [-0.25, -0.2) is 14.8 Å². The summed E-state index contributed by atoms with van der Waals surface area (Å²) in [5, 5.41) is 17.5. The molecule has 0 spiro atoms. The number of nitrogens with two attached hydrogens (primary N) is 1. The van der Waals surface area contributed by atoms with Crippen LogP contribution in [0.15, 0.2) is 45.8 Å². The van der Waals surface area contributed by atoms with Crippen LogP contribution in [0.1, 0.15) is 5.69 Å². The first-order valence-electron chi connectivity index (χ1n) is 10.1. The minimum Gasteiger partial charge on any atom is -0.477 e. The third-order valence-corrected chi connectivity index (χ3v) is 8.22. The number of β-lactam (4-membered cyclic amide) rings is 1. The van der Waals surface area contributed by atoms with Crippen molar-refractivity contribution >= 4 is 73.3 Å². The molecule has 0 radical (unpaired) electrons. The van der Waals surface area contributed by atoms with E-state index in [9.17, 15) is 19.5 Å². The summed E-state index contributed by atoms with van der Waals surface area (Å²) in [5.41, 5.74) is 8.83. The van der Waals surface area contributed by atoms with E-state index in [0.29, 0.717) is 17.9 Å². The predicted molar refractivity (Wildman–Crippen MR) is 130 cm³/mol. The van der Waals surface area contributed by atoms with Crippen LogP contribution < -0.4 is 15.6 Å². The Kier molecular flexibility index (Phi) is 6.12. The average molecular weight is 533 g/mol. The summed E-state index contributed by atoms with van der Waals surface area (Å²) in [7, 11) is 1.28. The molecule has 3 aromatic rings. The SMILES string of the molecule is CO/N=C(/C(=O)NC1C(=O)N2C(C(=O)O)=C(C[n+]3ccc4scnc4c3)CS[C@H]12)c1csc(N)n1. The number of nitrogens with one attached hydrogen (secondary N) is 1. The highest BCUT2D eigenvalue weighted by atomic mass is 32.2. The van der Waals surface area contributed by atoms with Crippen LogP contribution in [0.25, 0.3) is 10.2 Å². The van der Waals surface area contributed by atoms with Crippen LogP contribution in [-0.4, -0.2) is 67.7 Å². The van der Waals surface area contributed by atoms with E-state index in [-0.39, 0.29) is 22.2 Å². The number of pyridine rings is 1. The van der Waals surface area contributed by atoms with Gasteiger partial charge in [-0.3, -0.25) is 14.5 Å². The molecule has 5 rings (SSSR count). The van der Waals surface area contributed by atoms with Gasteiger partial charge in [0.05, 0.1) is 10.2 Å². The van der Waals surface area contributed by atoms with Gasteiger partial charge in [0.15, 0.2) is 29.8 Å². The number of hydrogen-bond acceptors (Lipinski definition) is 11. The smallest absolute Gasteiger partial charge is 0.352 e. The molecule has 180 valence electrons. The van der Waals surface area contributed by atoms with Crippen molar-refractivity contribution in [2.24, 2.45) is 5.16 Å². The molecule has 0 aliphatic carbocycles. The number of carboxylic acids is 1. The second kappa shape index (κ2) is 9.24. The van der Waals surface area contributed by atoms with Gasteiger partial charge in [0, 0.05) is 22.8 Å². The third kappa shape index (κ3) is 4.21. The number of nitrogens with zero attached hydrogens (tertiary/aromatic N) is 5. The van der Waals surface area contributed by atoms with E-state index >= 15 is 0 Å². The lowest BCUT2D eigenvalue weighted by molar-refractivity contribution is -0.687. The van der Waals surface area contributed by atoms with E-state index in [1.165, 1.54) is 35.1 Å². The van der Waals surface area contributed by atoms with Crippen LogP contribution >= 0.6 is 34.4 Å². The summed E-state index contributed by atoms with van der Waals surface area (Å²) in [6.07, 6.45) is 3.70. The zero-order valence-electron chi connectivity index (χ0n) is 18.1. The molecule has 5 heterocycles. The number of hydrogen-bond donors (Lipinski definition) is 3. The molecule has 1 saturated heterocycles. The molecule has 3 aromatic heterocycles. The molecule has 12 nitrogen and oxygen atoms in total. The standard InChI is InChI=1S/C20H17N7O5S3/c1-32-25-13(11-7-34-20(21)23-11)16(28)24-14-17(29)27-15(19(30)31)9(6-33-18(14)27)4-26-3-2-12-10(5-26)22-8-35-12/h2-3,5,7-8,14,18H,4,6H2,1H3,(H3-,21,23,24,28,30,31)/p+1/b25-13+/t14?,18-/m1/s1. The number of aromatic nitrogens is 3. The second-order valence-electron chi connectivity index (χ2n) is 7.53. The van der Waals surface area contributed by atoms with Crippen molar-refractivity contribution in [3.05, 3.63) is 46.3 Å². The largest absolute Gasteiger partial charge is 0.477 e. The fourth-order valence-corrected chi connectivity index (χ4v) is 6.40. The molecule has 2 atom stereocenters. The molecule has 1 fully saturated rings. The molecule has 4 N–H and O–H groups in total. The van der Waals surface area contributed by atoms with Gasteiger partial charge in [0.2, 0.25) is 0 Å². The van der Waals surface area contributed by atoms with E-state index in [0.717, 1.165) is 21.6 Å². The zero-order valence-corrected chi connectivity index (χ0v) is 20.5. The Morgan fingerprint density at radius 2 is 2.26 bits per heavy atom. The van der Waals surface area contributed by atoms with Gasteiger partial charge >= 0.3 is 5.97 Å². The molecule has 0 saturated carbocycles. The zero-order chi connectivity index (χ0) is 24.7. The van der Waals surface area contributed by atoms with E-state index in [4.69, 9.17) is 10.6 Å². The number of thioether (sulfide) groups is 1. The van der Waals surface area contributed by atoms with E-state index in [1.807, 2.05) is 23.0 Å². The summed E-state index contributed by atoms with van der Waals surface area (Å²) >= 11 is 4.04. The first kappa shape index (κ1) is 23.2. The lowest BCUT2D eigenvalue weighted by Gasteiger charge is -2.49. The van der Waals surface area contributed by atoms with Crippen molar-refractivity contribution in [1.29, 1.82) is 0 Å². The van der Waals surface area contributed by atoms with Crippen LogP contribution in [0.5, 0.6) is 0 Å². The number of anilines is 1. The number of oxime groups is 1. The molecule has 0 bridgehead atoms. The molecule has 2 aliphatic heterocycles. The number of aliphatic carboxylic acids is 1. The number of carboxylic acid groups (broad SMARTS) is 1. The van der Waals surface area contributed by atoms with Gasteiger partial charge in [-0.1, -0.05) is 5.16 Å². The Hall–Kier alpha value is -3.56. The van der Waals surface area contributed by atoms with Crippen LogP contribution in [-0.2, 0) is 25.8 Å². The molecule has 1 unspecified atom stereocenters. The lowest BCUT2D eigenvalue weighted by Crippen LogP contribution is -2.71. The minimum absolute atomic E-state index is 0.0619. The maximum absolute atomic E-state index is 13.0. The second-order valence-corrected chi connectivity index (χ2v) is 10.4. The van der Waals surface area contributed by atoms with Crippen molar-refractivity contribution in [2.45, 2.75) is 18.0 Å². The molecule has 35 heavy (non-hydrogen) atoms. The number of carbonyl (C=O) groups excluding carboxylic acids is 2. The average Bonchev–Trinajstić information content (AvgIpc) is 3.48. The Balaban J connectivity index is 1.36. The van der Waals surface area contributed by atoms with Crippen molar-refractivity contribution in [3.63, 3.8) is 0 Å². The van der Waals surface area contributed by atoms with Gasteiger partial charge in [0.1, 0.15) is 35.4 Å². The van der Waals surface area contributed by atoms with Crippen LogP contribution in [0, 0.1) is 0 Å². The Morgan fingerprint density at radius 3 is 2.97 bits per heavy atom. The lowest BCUT2D eigenvalue weighted by atomic mass is 10.0. The summed E-state index contributed by atoms with van der Waals surface area (Å²) in [6, 6.07) is 1.00. The Morgan fingerprint density at radius 1 is 1.43 bits per heavy atom. The van der Waals surface area contributed by atoms with E-state index in [2.05, 4.69) is 20.4 Å². The molecule has 0 aromatic carbocycles. The predicted octanol–water partition coefficient (Wildman–Crippen LogP) is 0.412. The van der Waals surface area contributed by atoms with Crippen LogP contribution in [0.2, 0.25) is 0 Å². The monoisotopic (exact) mass is 532 g/mol. The fourth-order valence-electron chi connectivity index (χ4n) is 3.87. The summed E-state index contributed by atoms with van der Waals surface area (Å²) in [5.74, 6) is -2.00. The molecular formula is C20H18N7O5S3+. The number of amides is 2. The number of rotatable bonds is 7. The van der Waals surface area contributed by atoms with Crippen molar-refractivity contribution in [1.82, 2.24) is 20.2 Å². The maximum atomic E-state index is 13.0. The summed E-state index contributed by atoms with van der Waals surface area (Å²) in [6.45, 7) is 0.297.